The number of rotatable bonds is 6. The summed E-state index contributed by atoms with van der Waals surface area (Å²) in [5.74, 6) is 0. The Morgan fingerprint density at radius 3 is 2.62 bits per heavy atom. The van der Waals surface area contributed by atoms with Crippen LogP contribution in [0.25, 0.3) is 10.9 Å². The van der Waals surface area contributed by atoms with Gasteiger partial charge in [-0.1, -0.05) is 12.1 Å². The fourth-order valence-electron chi connectivity index (χ4n) is 3.62. The molecule has 2 fully saturated rings. The zero-order valence-electron chi connectivity index (χ0n) is 15.1. The summed E-state index contributed by atoms with van der Waals surface area (Å²) < 4.78 is 21.4. The Balaban J connectivity index is 1.33. The van der Waals surface area contributed by atoms with Gasteiger partial charge in [0, 0.05) is 33.5 Å². The lowest BCUT2D eigenvalue weighted by molar-refractivity contribution is 0.0112. The van der Waals surface area contributed by atoms with Gasteiger partial charge in [-0.3, -0.25) is 4.79 Å². The van der Waals surface area contributed by atoms with Gasteiger partial charge in [0.1, 0.15) is 0 Å². The summed E-state index contributed by atoms with van der Waals surface area (Å²) in [6.07, 6.45) is 6.33. The monoisotopic (exact) mass is 374 g/mol. The number of H-pyrrole nitrogens is 1. The molecule has 26 heavy (non-hydrogen) atoms. The van der Waals surface area contributed by atoms with Gasteiger partial charge in [-0.15, -0.1) is 0 Å². The number of hydrogen-bond donors (Lipinski definition) is 2. The zero-order chi connectivity index (χ0) is 18.1. The highest BCUT2D eigenvalue weighted by atomic mass is 32.2. The summed E-state index contributed by atoms with van der Waals surface area (Å²) >= 11 is 0. The first-order chi connectivity index (χ1) is 12.6. The predicted molar refractivity (Wildman–Crippen MR) is 104 cm³/mol. The first kappa shape index (κ1) is 17.9. The van der Waals surface area contributed by atoms with E-state index in [4.69, 9.17) is 4.74 Å². The SMILES string of the molecule is Cc1c(COC2CCC(NS(=O)C3CC3)CC2)[nH]c2ccccc2c1=O. The topological polar surface area (TPSA) is 71.2 Å². The molecule has 2 saturated carbocycles. The standard InChI is InChI=1S/C20H26N2O3S/c1-13-19(21-18-5-3-2-4-17(18)20(13)23)12-25-15-8-6-14(7-9-15)22-26(24)16-10-11-16/h2-5,14-16,22H,6-12H2,1H3,(H,21,23). The molecule has 6 heteroatoms. The van der Waals surface area contributed by atoms with Crippen LogP contribution in [0.5, 0.6) is 0 Å². The molecule has 0 radical (unpaired) electrons. The molecule has 1 aromatic carbocycles. The van der Waals surface area contributed by atoms with Crippen LogP contribution in [0, 0.1) is 6.92 Å². The normalized spacial score (nSPS) is 24.7. The third-order valence-electron chi connectivity index (χ3n) is 5.50. The molecule has 0 saturated heterocycles. The van der Waals surface area contributed by atoms with Gasteiger partial charge >= 0.3 is 0 Å². The summed E-state index contributed by atoms with van der Waals surface area (Å²) in [4.78, 5) is 15.8. The smallest absolute Gasteiger partial charge is 0.192 e. The van der Waals surface area contributed by atoms with E-state index in [1.165, 1.54) is 0 Å². The molecule has 0 aliphatic heterocycles. The first-order valence-corrected chi connectivity index (χ1v) is 10.7. The fraction of sp³-hybridized carbons (Fsp3) is 0.550. The van der Waals surface area contributed by atoms with Gasteiger partial charge in [0.05, 0.1) is 23.7 Å². The molecule has 0 amide bonds. The number of nitrogens with one attached hydrogen (secondary N) is 2. The van der Waals surface area contributed by atoms with Crippen molar-refractivity contribution >= 4 is 21.9 Å². The molecule has 2 N–H and O–H groups in total. The third kappa shape index (κ3) is 3.92. The average molecular weight is 375 g/mol. The van der Waals surface area contributed by atoms with E-state index < -0.39 is 11.0 Å². The van der Waals surface area contributed by atoms with Crippen LogP contribution in [-0.2, 0) is 22.3 Å². The van der Waals surface area contributed by atoms with E-state index in [0.29, 0.717) is 17.9 Å². The number of fused-ring (bicyclic) bond motifs is 1. The maximum atomic E-state index is 12.5. The third-order valence-corrected chi connectivity index (χ3v) is 7.14. The Labute approximate surface area is 156 Å². The van der Waals surface area contributed by atoms with E-state index in [-0.39, 0.29) is 11.5 Å². The number of ether oxygens (including phenoxy) is 1. The summed E-state index contributed by atoms with van der Waals surface area (Å²) in [7, 11) is -0.853. The summed E-state index contributed by atoms with van der Waals surface area (Å²) in [6.45, 7) is 2.29. The number of hydrogen-bond acceptors (Lipinski definition) is 3. The highest BCUT2D eigenvalue weighted by Crippen LogP contribution is 2.27. The molecule has 2 aliphatic rings. The summed E-state index contributed by atoms with van der Waals surface area (Å²) in [6, 6.07) is 7.94. The van der Waals surface area contributed by atoms with Crippen LogP contribution in [-0.4, -0.2) is 26.6 Å². The number of pyridine rings is 1. The highest BCUT2D eigenvalue weighted by molar-refractivity contribution is 7.84. The van der Waals surface area contributed by atoms with Crippen LogP contribution in [0.15, 0.2) is 29.1 Å². The van der Waals surface area contributed by atoms with Crippen molar-refractivity contribution in [2.45, 2.75) is 69.5 Å². The van der Waals surface area contributed by atoms with Crippen LogP contribution in [0.3, 0.4) is 0 Å². The molecule has 4 rings (SSSR count). The Hall–Kier alpha value is -1.50. The Kier molecular flexibility index (Phi) is 5.25. The molecular formula is C20H26N2O3S. The van der Waals surface area contributed by atoms with E-state index in [1.807, 2.05) is 31.2 Å². The van der Waals surface area contributed by atoms with Crippen molar-refractivity contribution in [1.29, 1.82) is 0 Å². The van der Waals surface area contributed by atoms with Gasteiger partial charge in [-0.2, -0.15) is 0 Å². The second-order valence-electron chi connectivity index (χ2n) is 7.50. The zero-order valence-corrected chi connectivity index (χ0v) is 15.9. The van der Waals surface area contributed by atoms with Crippen molar-refractivity contribution < 1.29 is 8.95 Å². The van der Waals surface area contributed by atoms with Crippen molar-refractivity contribution in [2.24, 2.45) is 0 Å². The molecule has 1 atom stereocenters. The lowest BCUT2D eigenvalue weighted by Gasteiger charge is -2.29. The van der Waals surface area contributed by atoms with Gasteiger partial charge in [0.15, 0.2) is 5.43 Å². The number of para-hydroxylation sites is 1. The van der Waals surface area contributed by atoms with E-state index in [0.717, 1.165) is 60.7 Å². The van der Waals surface area contributed by atoms with Crippen LogP contribution >= 0.6 is 0 Å². The molecule has 0 bridgehead atoms. The predicted octanol–water partition coefficient (Wildman–Crippen LogP) is 3.08. The maximum Gasteiger partial charge on any atom is 0.192 e. The molecule has 2 aromatic rings. The number of benzene rings is 1. The molecule has 2 aliphatic carbocycles. The number of aromatic nitrogens is 1. The van der Waals surface area contributed by atoms with Crippen LogP contribution in [0.1, 0.15) is 49.8 Å². The molecule has 5 nitrogen and oxygen atoms in total. The lowest BCUT2D eigenvalue weighted by Crippen LogP contribution is -2.37. The molecular weight excluding hydrogens is 348 g/mol. The molecule has 1 aromatic heterocycles. The minimum atomic E-state index is -0.853. The Morgan fingerprint density at radius 1 is 1.15 bits per heavy atom. The van der Waals surface area contributed by atoms with Crippen molar-refractivity contribution in [3.63, 3.8) is 0 Å². The van der Waals surface area contributed by atoms with Crippen molar-refractivity contribution in [1.82, 2.24) is 9.71 Å². The lowest BCUT2D eigenvalue weighted by atomic mass is 9.94. The fourth-order valence-corrected chi connectivity index (χ4v) is 4.94. The summed E-state index contributed by atoms with van der Waals surface area (Å²) in [5, 5.41) is 1.11. The van der Waals surface area contributed by atoms with Crippen LogP contribution in [0.2, 0.25) is 0 Å². The van der Waals surface area contributed by atoms with Crippen molar-refractivity contribution in [2.75, 3.05) is 0 Å². The van der Waals surface area contributed by atoms with Gasteiger partial charge in [0.25, 0.3) is 0 Å². The van der Waals surface area contributed by atoms with E-state index in [9.17, 15) is 9.00 Å². The van der Waals surface area contributed by atoms with E-state index in [2.05, 4.69) is 9.71 Å². The van der Waals surface area contributed by atoms with Gasteiger partial charge < -0.3 is 9.72 Å². The maximum absolute atomic E-state index is 12.5. The van der Waals surface area contributed by atoms with E-state index >= 15 is 0 Å². The molecule has 1 heterocycles. The molecule has 140 valence electrons. The highest BCUT2D eigenvalue weighted by Gasteiger charge is 2.31. The minimum absolute atomic E-state index is 0.0772. The summed E-state index contributed by atoms with van der Waals surface area (Å²) in [5.41, 5.74) is 2.54. The average Bonchev–Trinajstić information content (AvgIpc) is 3.50. The van der Waals surface area contributed by atoms with E-state index in [1.54, 1.807) is 0 Å². The first-order valence-electron chi connectivity index (χ1n) is 9.50. The van der Waals surface area contributed by atoms with Crippen molar-refractivity contribution in [3.8, 4) is 0 Å². The van der Waals surface area contributed by atoms with Gasteiger partial charge in [0.2, 0.25) is 0 Å². The van der Waals surface area contributed by atoms with Crippen LogP contribution in [0.4, 0.5) is 0 Å². The van der Waals surface area contributed by atoms with Gasteiger partial charge in [-0.05, 0) is 57.6 Å². The number of aromatic amines is 1. The van der Waals surface area contributed by atoms with Crippen molar-refractivity contribution in [3.05, 3.63) is 45.7 Å². The molecule has 0 spiro atoms. The second-order valence-corrected chi connectivity index (χ2v) is 9.00. The largest absolute Gasteiger partial charge is 0.372 e. The molecule has 1 unspecified atom stereocenters. The van der Waals surface area contributed by atoms with Crippen LogP contribution < -0.4 is 10.2 Å². The quantitative estimate of drug-likeness (QED) is 0.816. The van der Waals surface area contributed by atoms with Gasteiger partial charge in [-0.25, -0.2) is 8.93 Å². The minimum Gasteiger partial charge on any atom is -0.372 e. The Morgan fingerprint density at radius 2 is 1.88 bits per heavy atom. The second kappa shape index (κ2) is 7.62. The Bertz CT molecular complexity index is 867.